The van der Waals surface area contributed by atoms with Crippen molar-refractivity contribution in [3.8, 4) is 17.0 Å². The summed E-state index contributed by atoms with van der Waals surface area (Å²) in [6, 6.07) is 11.6. The fourth-order valence-electron chi connectivity index (χ4n) is 4.86. The summed E-state index contributed by atoms with van der Waals surface area (Å²) >= 11 is 0. The number of carbonyl (C=O) groups is 1. The summed E-state index contributed by atoms with van der Waals surface area (Å²) < 4.78 is 35.1. The highest BCUT2D eigenvalue weighted by atomic mass is 19.1. The van der Waals surface area contributed by atoms with Gasteiger partial charge in [0, 0.05) is 22.1 Å². The molecule has 10 heteroatoms. The van der Waals surface area contributed by atoms with Crippen molar-refractivity contribution in [1.82, 2.24) is 20.5 Å². The summed E-state index contributed by atoms with van der Waals surface area (Å²) in [6.07, 6.45) is 1.33. The smallest absolute Gasteiger partial charge is 0.251 e. The van der Waals surface area contributed by atoms with Gasteiger partial charge in [-0.2, -0.15) is 5.10 Å². The molecule has 0 spiro atoms. The molecule has 0 bridgehead atoms. The van der Waals surface area contributed by atoms with Gasteiger partial charge in [-0.25, -0.2) is 13.8 Å². The molecule has 1 aliphatic rings. The number of aliphatic hydroxyl groups is 2. The third-order valence-corrected chi connectivity index (χ3v) is 7.19. The molecular formula is C30H30F2N4O4. The van der Waals surface area contributed by atoms with Gasteiger partial charge in [0.1, 0.15) is 28.4 Å². The van der Waals surface area contributed by atoms with Gasteiger partial charge in [-0.1, -0.05) is 12.1 Å². The number of hydrogen-bond acceptors (Lipinski definition) is 7. The molecule has 1 saturated carbocycles. The van der Waals surface area contributed by atoms with Gasteiger partial charge in [0.25, 0.3) is 5.91 Å². The van der Waals surface area contributed by atoms with Crippen LogP contribution >= 0.6 is 0 Å². The summed E-state index contributed by atoms with van der Waals surface area (Å²) in [6.45, 7) is 4.40. The number of aryl methyl sites for hydroxylation is 1. The number of hydrogen-bond donors (Lipinski definition) is 3. The second-order valence-corrected chi connectivity index (χ2v) is 10.8. The zero-order chi connectivity index (χ0) is 28.8. The third kappa shape index (κ3) is 5.24. The highest BCUT2D eigenvalue weighted by Crippen LogP contribution is 2.46. The van der Waals surface area contributed by atoms with Gasteiger partial charge in [0.05, 0.1) is 30.6 Å². The van der Waals surface area contributed by atoms with Gasteiger partial charge in [0.2, 0.25) is 0 Å². The monoisotopic (exact) mass is 548 g/mol. The molecule has 2 heterocycles. The Kier molecular flexibility index (Phi) is 7.01. The molecule has 1 amide bonds. The van der Waals surface area contributed by atoms with Crippen LogP contribution in [0.2, 0.25) is 0 Å². The minimum atomic E-state index is -1.67. The molecule has 1 unspecified atom stereocenters. The summed E-state index contributed by atoms with van der Waals surface area (Å²) in [7, 11) is 1.47. The van der Waals surface area contributed by atoms with Crippen LogP contribution in [0.15, 0.2) is 48.5 Å². The van der Waals surface area contributed by atoms with Crippen molar-refractivity contribution in [3.63, 3.8) is 0 Å². The van der Waals surface area contributed by atoms with Gasteiger partial charge >= 0.3 is 0 Å². The largest absolute Gasteiger partial charge is 0.494 e. The minimum absolute atomic E-state index is 0.0788. The molecule has 0 radical (unpaired) electrons. The number of aromatic nitrogens is 3. The van der Waals surface area contributed by atoms with Crippen molar-refractivity contribution in [2.45, 2.75) is 44.8 Å². The number of benzene rings is 2. The highest BCUT2D eigenvalue weighted by molar-refractivity contribution is 5.99. The van der Waals surface area contributed by atoms with Crippen LogP contribution in [0.1, 0.15) is 54.0 Å². The Labute approximate surface area is 230 Å². The van der Waals surface area contributed by atoms with Crippen molar-refractivity contribution >= 4 is 16.8 Å². The normalized spacial score (nSPS) is 15.1. The first-order chi connectivity index (χ1) is 18.9. The number of amides is 1. The second-order valence-electron chi connectivity index (χ2n) is 10.8. The maximum absolute atomic E-state index is 15.6. The lowest BCUT2D eigenvalue weighted by Gasteiger charge is -2.30. The number of nitrogens with zero attached hydrogens (tertiary/aromatic N) is 3. The Balaban J connectivity index is 1.53. The van der Waals surface area contributed by atoms with Gasteiger partial charge in [-0.15, -0.1) is 5.10 Å². The van der Waals surface area contributed by atoms with Crippen LogP contribution in [-0.2, 0) is 11.2 Å². The zero-order valence-electron chi connectivity index (χ0n) is 22.6. The molecule has 4 aromatic rings. The van der Waals surface area contributed by atoms with E-state index in [4.69, 9.17) is 4.74 Å². The molecule has 208 valence electrons. The lowest BCUT2D eigenvalue weighted by molar-refractivity contribution is 0.00864. The molecule has 2 aromatic carbocycles. The molecule has 1 atom stereocenters. The Morgan fingerprint density at radius 2 is 1.85 bits per heavy atom. The molecule has 1 aliphatic carbocycles. The fourth-order valence-corrected chi connectivity index (χ4v) is 4.86. The van der Waals surface area contributed by atoms with E-state index in [1.807, 2.05) is 0 Å². The first-order valence-electron chi connectivity index (χ1n) is 12.9. The predicted octanol–water partition coefficient (Wildman–Crippen LogP) is 4.54. The Morgan fingerprint density at radius 3 is 2.50 bits per heavy atom. The van der Waals surface area contributed by atoms with E-state index in [1.165, 1.54) is 45.2 Å². The van der Waals surface area contributed by atoms with Crippen molar-refractivity contribution in [1.29, 1.82) is 0 Å². The number of nitrogens with one attached hydrogen (secondary N) is 1. The molecule has 0 aliphatic heterocycles. The van der Waals surface area contributed by atoms with Crippen molar-refractivity contribution in [2.24, 2.45) is 5.92 Å². The minimum Gasteiger partial charge on any atom is -0.494 e. The zero-order valence-corrected chi connectivity index (χ0v) is 22.6. The molecule has 3 N–H and O–H groups in total. The van der Waals surface area contributed by atoms with E-state index < -0.39 is 28.7 Å². The highest BCUT2D eigenvalue weighted by Gasteiger charge is 2.47. The Morgan fingerprint density at radius 1 is 1.10 bits per heavy atom. The maximum Gasteiger partial charge on any atom is 0.251 e. The average molecular weight is 549 g/mol. The van der Waals surface area contributed by atoms with Gasteiger partial charge < -0.3 is 20.3 Å². The SMILES string of the molecule is COc1cc(C(=O)NCC(O)(c2cc(C(C)(C)O)c(F)c(-c3cccc(F)c3)n2)C2CC2)cc2cc(C)nnc12. The molecular weight excluding hydrogens is 518 g/mol. The van der Waals surface area contributed by atoms with Crippen LogP contribution in [0.3, 0.4) is 0 Å². The Bertz CT molecular complexity index is 1620. The lowest BCUT2D eigenvalue weighted by atomic mass is 9.87. The van der Waals surface area contributed by atoms with Crippen molar-refractivity contribution < 1.29 is 28.5 Å². The van der Waals surface area contributed by atoms with Gasteiger partial charge in [-0.3, -0.25) is 4.79 Å². The molecule has 5 rings (SSSR count). The van der Waals surface area contributed by atoms with E-state index in [0.717, 1.165) is 6.07 Å². The first kappa shape index (κ1) is 27.5. The molecule has 0 saturated heterocycles. The van der Waals surface area contributed by atoms with E-state index >= 15 is 4.39 Å². The fraction of sp³-hybridized carbons (Fsp3) is 0.333. The molecule has 8 nitrogen and oxygen atoms in total. The number of carbonyl (C=O) groups excluding carboxylic acids is 1. The number of methoxy groups -OCH3 is 1. The number of rotatable bonds is 8. The second kappa shape index (κ2) is 10.2. The van der Waals surface area contributed by atoms with E-state index in [1.54, 1.807) is 25.1 Å². The molecule has 1 fully saturated rings. The quantitative estimate of drug-likeness (QED) is 0.296. The van der Waals surface area contributed by atoms with Crippen LogP contribution < -0.4 is 10.1 Å². The van der Waals surface area contributed by atoms with Crippen molar-refractivity contribution in [3.05, 3.63) is 82.7 Å². The predicted molar refractivity (Wildman–Crippen MR) is 145 cm³/mol. The summed E-state index contributed by atoms with van der Waals surface area (Å²) in [4.78, 5) is 17.7. The average Bonchev–Trinajstić information content (AvgIpc) is 3.76. The Hall–Kier alpha value is -4.02. The van der Waals surface area contributed by atoms with Crippen LogP contribution in [0, 0.1) is 24.5 Å². The van der Waals surface area contributed by atoms with Crippen LogP contribution in [0.25, 0.3) is 22.2 Å². The molecule has 2 aromatic heterocycles. The third-order valence-electron chi connectivity index (χ3n) is 7.19. The van der Waals surface area contributed by atoms with Crippen LogP contribution in [-0.4, -0.2) is 45.0 Å². The van der Waals surface area contributed by atoms with Gasteiger partial charge in [0.15, 0.2) is 5.82 Å². The summed E-state index contributed by atoms with van der Waals surface area (Å²) in [5, 5.41) is 34.3. The summed E-state index contributed by atoms with van der Waals surface area (Å²) in [5.41, 5.74) is -1.88. The molecule has 40 heavy (non-hydrogen) atoms. The van der Waals surface area contributed by atoms with E-state index in [-0.39, 0.29) is 35.0 Å². The van der Waals surface area contributed by atoms with Crippen molar-refractivity contribution in [2.75, 3.05) is 13.7 Å². The first-order valence-corrected chi connectivity index (χ1v) is 12.9. The maximum atomic E-state index is 15.6. The van der Waals surface area contributed by atoms with Gasteiger partial charge in [-0.05, 0) is 75.9 Å². The topological polar surface area (TPSA) is 117 Å². The van der Waals surface area contributed by atoms with E-state index in [9.17, 15) is 19.4 Å². The number of halogens is 2. The van der Waals surface area contributed by atoms with E-state index in [0.29, 0.717) is 40.8 Å². The number of fused-ring (bicyclic) bond motifs is 1. The van der Waals surface area contributed by atoms with Crippen LogP contribution in [0.5, 0.6) is 5.75 Å². The van der Waals surface area contributed by atoms with E-state index in [2.05, 4.69) is 20.5 Å². The number of pyridine rings is 1. The standard InChI is InChI=1S/C30H30F2N4O4/c1-16-10-18-11-19(13-23(40-4)26(18)36-35-16)28(37)33-15-30(39,20-8-9-20)24-14-22(29(2,3)38)25(32)27(34-24)17-6-5-7-21(31)12-17/h5-7,10-14,20,38-39H,8-9,15H2,1-4H3,(H,33,37). The van der Waals surface area contributed by atoms with Crippen LogP contribution in [0.4, 0.5) is 8.78 Å². The summed E-state index contributed by atoms with van der Waals surface area (Å²) in [5.74, 6) is -1.74. The lowest BCUT2D eigenvalue weighted by Crippen LogP contribution is -2.43. The number of ether oxygens (including phenoxy) is 1.